The number of para-hydroxylation sites is 1. The second kappa shape index (κ2) is 5.03. The average Bonchev–Trinajstić information content (AvgIpc) is 2.87. The molecular weight excluding hydrogens is 258 g/mol. The Bertz CT molecular complexity index is 546. The van der Waals surface area contributed by atoms with Crippen LogP contribution in [0, 0.1) is 0 Å². The number of benzene rings is 1. The van der Waals surface area contributed by atoms with E-state index in [1.165, 1.54) is 0 Å². The molecule has 0 saturated carbocycles. The van der Waals surface area contributed by atoms with E-state index in [0.717, 1.165) is 0 Å². The van der Waals surface area contributed by atoms with Crippen LogP contribution in [0.25, 0.3) is 0 Å². The smallest absolute Gasteiger partial charge is 0.317 e. The van der Waals surface area contributed by atoms with Crippen molar-refractivity contribution in [1.82, 2.24) is 15.1 Å². The average molecular weight is 275 g/mol. The molecule has 0 radical (unpaired) electrons. The summed E-state index contributed by atoms with van der Waals surface area (Å²) in [5.41, 5.74) is 0.570. The van der Waals surface area contributed by atoms with Gasteiger partial charge in [-0.05, 0) is 12.1 Å². The molecule has 3 rings (SSSR count). The van der Waals surface area contributed by atoms with Gasteiger partial charge in [0, 0.05) is 26.2 Å². The summed E-state index contributed by atoms with van der Waals surface area (Å²) in [7, 11) is 1.56. The van der Waals surface area contributed by atoms with E-state index in [9.17, 15) is 9.59 Å². The third kappa shape index (κ3) is 2.07. The highest BCUT2D eigenvalue weighted by atomic mass is 16.5. The Morgan fingerprint density at radius 2 is 2.15 bits per heavy atom. The Morgan fingerprint density at radius 1 is 1.35 bits per heavy atom. The Morgan fingerprint density at radius 3 is 2.95 bits per heavy atom. The van der Waals surface area contributed by atoms with Gasteiger partial charge in [0.25, 0.3) is 5.91 Å². The summed E-state index contributed by atoms with van der Waals surface area (Å²) in [4.78, 5) is 27.7. The summed E-state index contributed by atoms with van der Waals surface area (Å²) < 4.78 is 5.24. The fraction of sp³-hybridized carbons (Fsp3) is 0.429. The monoisotopic (exact) mass is 275 g/mol. The molecule has 20 heavy (non-hydrogen) atoms. The molecule has 0 bridgehead atoms. The van der Waals surface area contributed by atoms with Crippen LogP contribution in [-0.4, -0.2) is 61.1 Å². The van der Waals surface area contributed by atoms with Crippen molar-refractivity contribution in [2.45, 2.75) is 6.04 Å². The maximum atomic E-state index is 12.6. The van der Waals surface area contributed by atoms with E-state index in [-0.39, 0.29) is 18.0 Å². The van der Waals surface area contributed by atoms with Gasteiger partial charge in [0.15, 0.2) is 0 Å². The van der Waals surface area contributed by atoms with Gasteiger partial charge in [0.1, 0.15) is 5.75 Å². The first-order valence-electron chi connectivity index (χ1n) is 6.67. The van der Waals surface area contributed by atoms with Crippen LogP contribution in [0.15, 0.2) is 24.3 Å². The molecule has 2 saturated heterocycles. The van der Waals surface area contributed by atoms with Gasteiger partial charge in [0.2, 0.25) is 0 Å². The lowest BCUT2D eigenvalue weighted by molar-refractivity contribution is 0.0614. The molecule has 0 aromatic heterocycles. The summed E-state index contributed by atoms with van der Waals surface area (Å²) in [5, 5.41) is 2.81. The number of hydrogen-bond acceptors (Lipinski definition) is 3. The molecule has 6 nitrogen and oxygen atoms in total. The van der Waals surface area contributed by atoms with E-state index in [0.29, 0.717) is 37.5 Å². The van der Waals surface area contributed by atoms with Gasteiger partial charge in [-0.15, -0.1) is 0 Å². The fourth-order valence-electron chi connectivity index (χ4n) is 2.78. The van der Waals surface area contributed by atoms with Gasteiger partial charge in [-0.3, -0.25) is 4.79 Å². The predicted molar refractivity (Wildman–Crippen MR) is 72.8 cm³/mol. The molecule has 3 amide bonds. The predicted octanol–water partition coefficient (Wildman–Crippen LogP) is 0.545. The number of amides is 3. The van der Waals surface area contributed by atoms with E-state index >= 15 is 0 Å². The second-order valence-electron chi connectivity index (χ2n) is 4.98. The van der Waals surface area contributed by atoms with E-state index in [4.69, 9.17) is 4.74 Å². The minimum atomic E-state index is -0.0403. The van der Waals surface area contributed by atoms with Crippen LogP contribution in [0.2, 0.25) is 0 Å². The van der Waals surface area contributed by atoms with Crippen molar-refractivity contribution in [3.8, 4) is 5.75 Å². The van der Waals surface area contributed by atoms with Crippen LogP contribution in [0.4, 0.5) is 4.79 Å². The molecule has 2 fully saturated rings. The number of hydrogen-bond donors (Lipinski definition) is 1. The highest BCUT2D eigenvalue weighted by Crippen LogP contribution is 2.22. The molecule has 2 heterocycles. The van der Waals surface area contributed by atoms with Crippen molar-refractivity contribution in [2.24, 2.45) is 0 Å². The van der Waals surface area contributed by atoms with Gasteiger partial charge in [0.05, 0.1) is 18.7 Å². The molecule has 1 N–H and O–H groups in total. The van der Waals surface area contributed by atoms with E-state index in [2.05, 4.69) is 5.32 Å². The number of rotatable bonds is 2. The third-order valence-corrected chi connectivity index (χ3v) is 3.86. The van der Waals surface area contributed by atoms with Crippen molar-refractivity contribution in [3.63, 3.8) is 0 Å². The van der Waals surface area contributed by atoms with Crippen molar-refractivity contribution in [3.05, 3.63) is 29.8 Å². The molecule has 2 aliphatic heterocycles. The highest BCUT2D eigenvalue weighted by molar-refractivity contribution is 5.97. The summed E-state index contributed by atoms with van der Waals surface area (Å²) in [6.07, 6.45) is 0. The van der Waals surface area contributed by atoms with E-state index in [1.54, 1.807) is 29.0 Å². The summed E-state index contributed by atoms with van der Waals surface area (Å²) in [6, 6.07) is 7.27. The van der Waals surface area contributed by atoms with Crippen LogP contribution < -0.4 is 10.1 Å². The van der Waals surface area contributed by atoms with Crippen molar-refractivity contribution >= 4 is 11.9 Å². The van der Waals surface area contributed by atoms with Crippen molar-refractivity contribution < 1.29 is 14.3 Å². The molecule has 2 aliphatic rings. The lowest BCUT2D eigenvalue weighted by Crippen LogP contribution is -2.53. The number of carbonyl (C=O) groups is 2. The van der Waals surface area contributed by atoms with Crippen LogP contribution in [0.5, 0.6) is 5.75 Å². The zero-order valence-electron chi connectivity index (χ0n) is 11.3. The van der Waals surface area contributed by atoms with Gasteiger partial charge in [-0.2, -0.15) is 0 Å². The van der Waals surface area contributed by atoms with Crippen LogP contribution >= 0.6 is 0 Å². The SMILES string of the molecule is COc1ccccc1C(=O)N1CCN2C(=O)NCC2C1. The van der Waals surface area contributed by atoms with Crippen molar-refractivity contribution in [2.75, 3.05) is 33.3 Å². The first-order chi connectivity index (χ1) is 9.70. The molecule has 0 spiro atoms. The Labute approximate surface area is 117 Å². The fourth-order valence-corrected chi connectivity index (χ4v) is 2.78. The molecule has 1 unspecified atom stereocenters. The molecule has 1 aromatic carbocycles. The molecule has 1 aromatic rings. The standard InChI is InChI=1S/C14H17N3O3/c1-20-12-5-3-2-4-11(12)13(18)16-6-7-17-10(9-16)8-15-14(17)19/h2-5,10H,6-9H2,1H3,(H,15,19). The number of ether oxygens (including phenoxy) is 1. The second-order valence-corrected chi connectivity index (χ2v) is 4.98. The Balaban J connectivity index is 1.77. The normalized spacial score (nSPS) is 21.4. The first-order valence-corrected chi connectivity index (χ1v) is 6.67. The molecule has 6 heteroatoms. The minimum Gasteiger partial charge on any atom is -0.496 e. The molecule has 0 aliphatic carbocycles. The topological polar surface area (TPSA) is 61.9 Å². The lowest BCUT2D eigenvalue weighted by Gasteiger charge is -2.36. The first kappa shape index (κ1) is 12.8. The van der Waals surface area contributed by atoms with Gasteiger partial charge < -0.3 is 19.9 Å². The number of nitrogens with zero attached hydrogens (tertiary/aromatic N) is 2. The summed E-state index contributed by atoms with van der Waals surface area (Å²) in [5.74, 6) is 0.544. The quantitative estimate of drug-likeness (QED) is 0.857. The number of fused-ring (bicyclic) bond motifs is 1. The maximum Gasteiger partial charge on any atom is 0.317 e. The molecule has 106 valence electrons. The maximum absolute atomic E-state index is 12.6. The van der Waals surface area contributed by atoms with Crippen LogP contribution in [0.3, 0.4) is 0 Å². The number of carbonyl (C=O) groups excluding carboxylic acids is 2. The largest absolute Gasteiger partial charge is 0.496 e. The number of methoxy groups -OCH3 is 1. The zero-order chi connectivity index (χ0) is 14.1. The lowest BCUT2D eigenvalue weighted by atomic mass is 10.1. The molecular formula is C14H17N3O3. The van der Waals surface area contributed by atoms with E-state index < -0.39 is 0 Å². The minimum absolute atomic E-state index is 0.0283. The van der Waals surface area contributed by atoms with Gasteiger partial charge in [-0.25, -0.2) is 4.79 Å². The molecule has 1 atom stereocenters. The highest BCUT2D eigenvalue weighted by Gasteiger charge is 2.37. The Hall–Kier alpha value is -2.24. The third-order valence-electron chi connectivity index (χ3n) is 3.86. The number of nitrogens with one attached hydrogen (secondary N) is 1. The van der Waals surface area contributed by atoms with Crippen molar-refractivity contribution in [1.29, 1.82) is 0 Å². The number of piperazine rings is 1. The summed E-state index contributed by atoms with van der Waals surface area (Å²) in [6.45, 7) is 2.31. The summed E-state index contributed by atoms with van der Waals surface area (Å²) >= 11 is 0. The van der Waals surface area contributed by atoms with Crippen LogP contribution in [0.1, 0.15) is 10.4 Å². The van der Waals surface area contributed by atoms with E-state index in [1.807, 2.05) is 12.1 Å². The van der Waals surface area contributed by atoms with Gasteiger partial charge >= 0.3 is 6.03 Å². The number of urea groups is 1. The van der Waals surface area contributed by atoms with Crippen LogP contribution in [-0.2, 0) is 0 Å². The zero-order valence-corrected chi connectivity index (χ0v) is 11.3. The Kier molecular flexibility index (Phi) is 3.22. The van der Waals surface area contributed by atoms with Gasteiger partial charge in [-0.1, -0.05) is 12.1 Å².